The molecule has 0 radical (unpaired) electrons. The standard InChI is InChI=1S/C11H23N3O4S2/c12-10-11-2-5-14(6-3-11)20(17,18)13-4-1-8-19(15,16)9-7-13/h11H,1-10,12H2. The Hall–Kier alpha value is -0.220. The van der Waals surface area contributed by atoms with Gasteiger partial charge in [-0.2, -0.15) is 17.0 Å². The summed E-state index contributed by atoms with van der Waals surface area (Å²) < 4.78 is 50.9. The summed E-state index contributed by atoms with van der Waals surface area (Å²) in [4.78, 5) is 0. The summed E-state index contributed by atoms with van der Waals surface area (Å²) in [5, 5.41) is 0. The van der Waals surface area contributed by atoms with Crippen LogP contribution in [0.2, 0.25) is 0 Å². The smallest absolute Gasteiger partial charge is 0.282 e. The quantitative estimate of drug-likeness (QED) is 0.719. The van der Waals surface area contributed by atoms with Crippen LogP contribution in [0.25, 0.3) is 0 Å². The van der Waals surface area contributed by atoms with Crippen molar-refractivity contribution in [2.24, 2.45) is 11.7 Å². The molecule has 20 heavy (non-hydrogen) atoms. The van der Waals surface area contributed by atoms with Crippen LogP contribution in [0.4, 0.5) is 0 Å². The van der Waals surface area contributed by atoms with Gasteiger partial charge in [-0.1, -0.05) is 0 Å². The zero-order chi connectivity index (χ0) is 14.8. The maximum atomic E-state index is 12.5. The molecule has 2 aliphatic heterocycles. The molecule has 0 bridgehead atoms. The van der Waals surface area contributed by atoms with E-state index in [4.69, 9.17) is 5.73 Å². The number of piperidine rings is 1. The number of hydrogen-bond acceptors (Lipinski definition) is 5. The fourth-order valence-electron chi connectivity index (χ4n) is 2.69. The second-order valence-corrected chi connectivity index (χ2v) is 9.72. The maximum absolute atomic E-state index is 12.5. The average molecular weight is 325 g/mol. The van der Waals surface area contributed by atoms with E-state index in [2.05, 4.69) is 0 Å². The molecule has 0 aliphatic carbocycles. The van der Waals surface area contributed by atoms with E-state index in [1.165, 1.54) is 8.61 Å². The van der Waals surface area contributed by atoms with Crippen molar-refractivity contribution in [3.05, 3.63) is 0 Å². The molecular formula is C11H23N3O4S2. The zero-order valence-electron chi connectivity index (χ0n) is 11.6. The van der Waals surface area contributed by atoms with Gasteiger partial charge in [0.1, 0.15) is 0 Å². The molecule has 2 fully saturated rings. The Morgan fingerprint density at radius 1 is 1.00 bits per heavy atom. The minimum atomic E-state index is -3.53. The van der Waals surface area contributed by atoms with Crippen molar-refractivity contribution in [2.75, 3.05) is 44.2 Å². The molecule has 0 atom stereocenters. The zero-order valence-corrected chi connectivity index (χ0v) is 13.2. The molecule has 0 aromatic carbocycles. The van der Waals surface area contributed by atoms with E-state index in [1.54, 1.807) is 0 Å². The van der Waals surface area contributed by atoms with Gasteiger partial charge in [-0.3, -0.25) is 0 Å². The molecule has 7 nitrogen and oxygen atoms in total. The van der Waals surface area contributed by atoms with E-state index in [1.807, 2.05) is 0 Å². The van der Waals surface area contributed by atoms with Crippen LogP contribution < -0.4 is 5.73 Å². The maximum Gasteiger partial charge on any atom is 0.282 e. The number of sulfone groups is 1. The third-order valence-corrected chi connectivity index (χ3v) is 7.82. The lowest BCUT2D eigenvalue weighted by atomic mass is 9.99. The fourth-order valence-corrected chi connectivity index (χ4v) is 5.75. The van der Waals surface area contributed by atoms with Crippen LogP contribution in [0.3, 0.4) is 0 Å². The van der Waals surface area contributed by atoms with Gasteiger partial charge >= 0.3 is 0 Å². The van der Waals surface area contributed by atoms with Crippen molar-refractivity contribution in [1.82, 2.24) is 8.61 Å². The number of nitrogens with zero attached hydrogens (tertiary/aromatic N) is 2. The second kappa shape index (κ2) is 6.27. The molecule has 0 amide bonds. The fraction of sp³-hybridized carbons (Fsp3) is 1.00. The van der Waals surface area contributed by atoms with E-state index in [9.17, 15) is 16.8 Å². The molecule has 2 N–H and O–H groups in total. The predicted octanol–water partition coefficient (Wildman–Crippen LogP) is -0.978. The van der Waals surface area contributed by atoms with Crippen LogP contribution in [0.1, 0.15) is 19.3 Å². The van der Waals surface area contributed by atoms with Crippen LogP contribution >= 0.6 is 0 Å². The molecule has 2 saturated heterocycles. The molecule has 0 aromatic heterocycles. The first-order valence-corrected chi connectivity index (χ1v) is 10.2. The first kappa shape index (κ1) is 16.2. The minimum absolute atomic E-state index is 0.0709. The first-order valence-electron chi connectivity index (χ1n) is 7.01. The third kappa shape index (κ3) is 3.70. The van der Waals surface area contributed by atoms with Gasteiger partial charge in [-0.25, -0.2) is 8.42 Å². The summed E-state index contributed by atoms with van der Waals surface area (Å²) >= 11 is 0. The van der Waals surface area contributed by atoms with Crippen LogP contribution in [-0.2, 0) is 20.0 Å². The minimum Gasteiger partial charge on any atom is -0.330 e. The van der Waals surface area contributed by atoms with Crippen LogP contribution in [-0.4, -0.2) is 69.7 Å². The van der Waals surface area contributed by atoms with E-state index >= 15 is 0 Å². The van der Waals surface area contributed by atoms with Gasteiger partial charge in [0.2, 0.25) is 0 Å². The largest absolute Gasteiger partial charge is 0.330 e. The Balaban J connectivity index is 2.03. The van der Waals surface area contributed by atoms with E-state index in [-0.39, 0.29) is 18.1 Å². The molecule has 0 saturated carbocycles. The monoisotopic (exact) mass is 325 g/mol. The predicted molar refractivity (Wildman–Crippen MR) is 77.1 cm³/mol. The van der Waals surface area contributed by atoms with E-state index in [0.29, 0.717) is 38.5 Å². The Morgan fingerprint density at radius 2 is 1.60 bits per heavy atom. The van der Waals surface area contributed by atoms with Gasteiger partial charge in [-0.15, -0.1) is 0 Å². The summed E-state index contributed by atoms with van der Waals surface area (Å²) in [7, 11) is -6.63. The van der Waals surface area contributed by atoms with Crippen molar-refractivity contribution in [1.29, 1.82) is 0 Å². The van der Waals surface area contributed by atoms with Gasteiger partial charge in [0.25, 0.3) is 10.2 Å². The molecule has 2 aliphatic rings. The van der Waals surface area contributed by atoms with Crippen LogP contribution in [0.15, 0.2) is 0 Å². The summed E-state index contributed by atoms with van der Waals surface area (Å²) in [6.07, 6.45) is 1.94. The number of nitrogens with two attached hydrogens (primary N) is 1. The number of hydrogen-bond donors (Lipinski definition) is 1. The Bertz CT molecular complexity index is 524. The molecule has 9 heteroatoms. The van der Waals surface area contributed by atoms with Crippen molar-refractivity contribution < 1.29 is 16.8 Å². The van der Waals surface area contributed by atoms with Gasteiger partial charge < -0.3 is 5.73 Å². The highest BCUT2D eigenvalue weighted by Gasteiger charge is 2.34. The van der Waals surface area contributed by atoms with Crippen molar-refractivity contribution in [3.8, 4) is 0 Å². The Kier molecular flexibility index (Phi) is 5.06. The average Bonchev–Trinajstić information content (AvgIpc) is 2.60. The normalized spacial score (nSPS) is 27.2. The lowest BCUT2D eigenvalue weighted by Gasteiger charge is -2.34. The van der Waals surface area contributed by atoms with Gasteiger partial charge in [0, 0.05) is 26.2 Å². The van der Waals surface area contributed by atoms with Gasteiger partial charge in [0.15, 0.2) is 9.84 Å². The molecule has 118 valence electrons. The lowest BCUT2D eigenvalue weighted by Crippen LogP contribution is -2.48. The Labute approximate surface area is 121 Å². The molecule has 0 unspecified atom stereocenters. The third-order valence-electron chi connectivity index (χ3n) is 4.07. The van der Waals surface area contributed by atoms with Crippen LogP contribution in [0, 0.1) is 5.92 Å². The Morgan fingerprint density at radius 3 is 2.20 bits per heavy atom. The highest BCUT2D eigenvalue weighted by molar-refractivity contribution is 7.91. The second-order valence-electron chi connectivity index (χ2n) is 5.49. The summed E-state index contributed by atoms with van der Waals surface area (Å²) in [5.41, 5.74) is 5.61. The topological polar surface area (TPSA) is 101 Å². The van der Waals surface area contributed by atoms with Crippen molar-refractivity contribution in [3.63, 3.8) is 0 Å². The van der Waals surface area contributed by atoms with E-state index in [0.717, 1.165) is 12.8 Å². The highest BCUT2D eigenvalue weighted by Crippen LogP contribution is 2.21. The summed E-state index contributed by atoms with van der Waals surface area (Å²) in [5.74, 6) is 0.394. The molecule has 2 rings (SSSR count). The summed E-state index contributed by atoms with van der Waals surface area (Å²) in [6.45, 7) is 1.91. The van der Waals surface area contributed by atoms with Crippen molar-refractivity contribution >= 4 is 20.0 Å². The lowest BCUT2D eigenvalue weighted by molar-refractivity contribution is 0.259. The molecule has 0 aromatic rings. The molecule has 2 heterocycles. The van der Waals surface area contributed by atoms with Crippen LogP contribution in [0.5, 0.6) is 0 Å². The van der Waals surface area contributed by atoms with E-state index < -0.39 is 20.0 Å². The van der Waals surface area contributed by atoms with Crippen molar-refractivity contribution in [2.45, 2.75) is 19.3 Å². The number of rotatable bonds is 3. The highest BCUT2D eigenvalue weighted by atomic mass is 32.2. The summed E-state index contributed by atoms with van der Waals surface area (Å²) in [6, 6.07) is 0. The molecule has 0 spiro atoms. The van der Waals surface area contributed by atoms with Gasteiger partial charge in [0.05, 0.1) is 11.5 Å². The van der Waals surface area contributed by atoms with Gasteiger partial charge in [-0.05, 0) is 31.7 Å². The first-order chi connectivity index (χ1) is 9.35. The molecular weight excluding hydrogens is 302 g/mol. The SMILES string of the molecule is NCC1CCN(S(=O)(=O)N2CCCS(=O)(=O)CC2)CC1.